The van der Waals surface area contributed by atoms with Gasteiger partial charge in [-0.25, -0.2) is 9.18 Å². The number of benzene rings is 1. The molecule has 3 rings (SSSR count). The lowest BCUT2D eigenvalue weighted by atomic mass is 10.2. The predicted octanol–water partition coefficient (Wildman–Crippen LogP) is 3.37. The second-order valence-corrected chi connectivity index (χ2v) is 7.94. The number of ether oxygens (including phenoxy) is 1. The molecule has 1 aliphatic rings. The molecule has 2 heterocycles. The molecule has 7 nitrogen and oxygen atoms in total. The third-order valence-corrected chi connectivity index (χ3v) is 4.60. The zero-order valence-corrected chi connectivity index (χ0v) is 16.9. The maximum absolute atomic E-state index is 13.2. The standard InChI is InChI=1S/C19H23FN4O3S/c1-19(2,3)27-18(26)23-10-8-22(9-11-23)16(25)15-12-21-17(28)24(15)14-6-4-13(20)5-7-14/h4-7,12H,8-11H2,1-3H3,(H,21,28). The number of piperazine rings is 1. The Morgan fingerprint density at radius 2 is 1.64 bits per heavy atom. The minimum absolute atomic E-state index is 0.208. The van der Waals surface area contributed by atoms with E-state index in [4.69, 9.17) is 17.0 Å². The van der Waals surface area contributed by atoms with Crippen molar-refractivity contribution >= 4 is 24.2 Å². The summed E-state index contributed by atoms with van der Waals surface area (Å²) >= 11 is 5.29. The number of carbonyl (C=O) groups is 2. The molecule has 0 saturated carbocycles. The Bertz CT molecular complexity index is 922. The molecule has 1 aromatic carbocycles. The molecule has 0 unspecified atom stereocenters. The summed E-state index contributed by atoms with van der Waals surface area (Å²) in [6, 6.07) is 5.77. The monoisotopic (exact) mass is 406 g/mol. The fraction of sp³-hybridized carbons (Fsp3) is 0.421. The van der Waals surface area contributed by atoms with Crippen molar-refractivity contribution in [2.24, 2.45) is 0 Å². The van der Waals surface area contributed by atoms with Gasteiger partial charge in [-0.05, 0) is 57.3 Å². The molecule has 2 aromatic rings. The number of amides is 2. The van der Waals surface area contributed by atoms with Crippen molar-refractivity contribution in [3.63, 3.8) is 0 Å². The van der Waals surface area contributed by atoms with Crippen LogP contribution in [0.1, 0.15) is 31.3 Å². The number of H-pyrrole nitrogens is 1. The molecule has 1 aliphatic heterocycles. The first-order valence-electron chi connectivity index (χ1n) is 8.99. The second kappa shape index (κ2) is 7.75. The first-order chi connectivity index (χ1) is 13.2. The van der Waals surface area contributed by atoms with E-state index in [2.05, 4.69) is 4.98 Å². The molecule has 1 aromatic heterocycles. The molecule has 0 radical (unpaired) electrons. The molecule has 150 valence electrons. The van der Waals surface area contributed by atoms with Crippen LogP contribution in [0, 0.1) is 10.6 Å². The van der Waals surface area contributed by atoms with Gasteiger partial charge in [0.05, 0.1) is 0 Å². The number of imidazole rings is 1. The molecule has 1 N–H and O–H groups in total. The Balaban J connectivity index is 1.72. The maximum atomic E-state index is 13.2. The van der Waals surface area contributed by atoms with Crippen LogP contribution in [0.15, 0.2) is 30.5 Å². The summed E-state index contributed by atoms with van der Waals surface area (Å²) in [5.74, 6) is -0.572. The first-order valence-corrected chi connectivity index (χ1v) is 9.40. The van der Waals surface area contributed by atoms with E-state index in [0.29, 0.717) is 42.3 Å². The zero-order chi connectivity index (χ0) is 20.5. The normalized spacial score (nSPS) is 14.9. The summed E-state index contributed by atoms with van der Waals surface area (Å²) in [5, 5.41) is 0. The largest absolute Gasteiger partial charge is 0.444 e. The molecular weight excluding hydrogens is 383 g/mol. The van der Waals surface area contributed by atoms with Crippen LogP contribution in [-0.4, -0.2) is 63.1 Å². The van der Waals surface area contributed by atoms with Crippen molar-refractivity contribution in [2.45, 2.75) is 26.4 Å². The average Bonchev–Trinajstić information content (AvgIpc) is 3.02. The Morgan fingerprint density at radius 3 is 2.21 bits per heavy atom. The second-order valence-electron chi connectivity index (χ2n) is 7.55. The average molecular weight is 406 g/mol. The maximum Gasteiger partial charge on any atom is 0.410 e. The van der Waals surface area contributed by atoms with Crippen LogP contribution in [-0.2, 0) is 4.74 Å². The third-order valence-electron chi connectivity index (χ3n) is 4.30. The number of carbonyl (C=O) groups excluding carboxylic acids is 2. The van der Waals surface area contributed by atoms with Crippen molar-refractivity contribution in [3.8, 4) is 5.69 Å². The van der Waals surface area contributed by atoms with Gasteiger partial charge in [0.25, 0.3) is 5.91 Å². The zero-order valence-electron chi connectivity index (χ0n) is 16.1. The number of rotatable bonds is 2. The van der Waals surface area contributed by atoms with Crippen LogP contribution >= 0.6 is 12.2 Å². The lowest BCUT2D eigenvalue weighted by Crippen LogP contribution is -2.51. The van der Waals surface area contributed by atoms with Gasteiger partial charge in [-0.15, -0.1) is 0 Å². The fourth-order valence-corrected chi connectivity index (χ4v) is 3.22. The highest BCUT2D eigenvalue weighted by Crippen LogP contribution is 2.17. The molecule has 0 bridgehead atoms. The van der Waals surface area contributed by atoms with Gasteiger partial charge >= 0.3 is 6.09 Å². The van der Waals surface area contributed by atoms with Crippen LogP contribution in [0.5, 0.6) is 0 Å². The number of hydrogen-bond acceptors (Lipinski definition) is 4. The van der Waals surface area contributed by atoms with Gasteiger partial charge in [0, 0.05) is 38.1 Å². The van der Waals surface area contributed by atoms with Gasteiger partial charge < -0.3 is 19.5 Å². The molecule has 0 aliphatic carbocycles. The molecule has 2 amide bonds. The quantitative estimate of drug-likeness (QED) is 0.777. The van der Waals surface area contributed by atoms with E-state index in [1.807, 2.05) is 20.8 Å². The van der Waals surface area contributed by atoms with E-state index >= 15 is 0 Å². The third kappa shape index (κ3) is 4.41. The Kier molecular flexibility index (Phi) is 5.55. The number of hydrogen-bond donors (Lipinski definition) is 1. The number of halogens is 1. The lowest BCUT2D eigenvalue weighted by molar-refractivity contribution is 0.0140. The Morgan fingerprint density at radius 1 is 1.07 bits per heavy atom. The van der Waals surface area contributed by atoms with Gasteiger partial charge in [0.2, 0.25) is 0 Å². The van der Waals surface area contributed by atoms with Crippen LogP contribution in [0.4, 0.5) is 9.18 Å². The molecule has 0 spiro atoms. The summed E-state index contributed by atoms with van der Waals surface area (Å²) in [4.78, 5) is 31.3. The topological polar surface area (TPSA) is 70.6 Å². The van der Waals surface area contributed by atoms with Crippen molar-refractivity contribution in [1.29, 1.82) is 0 Å². The SMILES string of the molecule is CC(C)(C)OC(=O)N1CCN(C(=O)c2c[nH]c(=S)n2-c2ccc(F)cc2)CC1. The summed E-state index contributed by atoms with van der Waals surface area (Å²) in [6.07, 6.45) is 1.17. The van der Waals surface area contributed by atoms with Gasteiger partial charge in [-0.2, -0.15) is 0 Å². The number of nitrogens with one attached hydrogen (secondary N) is 1. The summed E-state index contributed by atoms with van der Waals surface area (Å²) in [5.41, 5.74) is 0.404. The minimum atomic E-state index is -0.560. The van der Waals surface area contributed by atoms with Gasteiger partial charge in [0.15, 0.2) is 4.77 Å². The van der Waals surface area contributed by atoms with Crippen LogP contribution in [0.25, 0.3) is 5.69 Å². The summed E-state index contributed by atoms with van der Waals surface area (Å²) in [6.45, 7) is 7.01. The van der Waals surface area contributed by atoms with Crippen LogP contribution < -0.4 is 0 Å². The minimum Gasteiger partial charge on any atom is -0.444 e. The van der Waals surface area contributed by atoms with Crippen molar-refractivity contribution in [2.75, 3.05) is 26.2 Å². The fourth-order valence-electron chi connectivity index (χ4n) is 2.95. The number of nitrogens with zero attached hydrogens (tertiary/aromatic N) is 3. The van der Waals surface area contributed by atoms with Gasteiger partial charge in [-0.3, -0.25) is 9.36 Å². The highest BCUT2D eigenvalue weighted by atomic mass is 32.1. The van der Waals surface area contributed by atoms with E-state index < -0.39 is 5.60 Å². The first kappa shape index (κ1) is 20.1. The lowest BCUT2D eigenvalue weighted by Gasteiger charge is -2.35. The molecule has 1 fully saturated rings. The molecule has 0 atom stereocenters. The predicted molar refractivity (Wildman–Crippen MR) is 105 cm³/mol. The highest BCUT2D eigenvalue weighted by Gasteiger charge is 2.29. The molecule has 1 saturated heterocycles. The van der Waals surface area contributed by atoms with Crippen LogP contribution in [0.3, 0.4) is 0 Å². The van der Waals surface area contributed by atoms with E-state index in [9.17, 15) is 14.0 Å². The molecular formula is C19H23FN4O3S. The Labute approximate surface area is 167 Å². The van der Waals surface area contributed by atoms with E-state index in [1.54, 1.807) is 32.7 Å². The van der Waals surface area contributed by atoms with Gasteiger partial charge in [-0.1, -0.05) is 0 Å². The van der Waals surface area contributed by atoms with E-state index in [0.717, 1.165) is 0 Å². The van der Waals surface area contributed by atoms with Crippen LogP contribution in [0.2, 0.25) is 0 Å². The van der Waals surface area contributed by atoms with Crippen molar-refractivity contribution in [3.05, 3.63) is 46.7 Å². The molecule has 9 heteroatoms. The smallest absolute Gasteiger partial charge is 0.410 e. The Hall–Kier alpha value is -2.68. The highest BCUT2D eigenvalue weighted by molar-refractivity contribution is 7.71. The number of aromatic amines is 1. The molecule has 28 heavy (non-hydrogen) atoms. The van der Waals surface area contributed by atoms with E-state index in [1.165, 1.54) is 12.1 Å². The number of aromatic nitrogens is 2. The van der Waals surface area contributed by atoms with Gasteiger partial charge in [0.1, 0.15) is 17.1 Å². The van der Waals surface area contributed by atoms with Crippen molar-refractivity contribution < 1.29 is 18.7 Å². The van der Waals surface area contributed by atoms with E-state index in [-0.39, 0.29) is 17.8 Å². The summed E-state index contributed by atoms with van der Waals surface area (Å²) < 4.78 is 20.5. The summed E-state index contributed by atoms with van der Waals surface area (Å²) in [7, 11) is 0. The van der Waals surface area contributed by atoms with Crippen molar-refractivity contribution in [1.82, 2.24) is 19.4 Å².